The monoisotopic (exact) mass is 195 g/mol. The van der Waals surface area contributed by atoms with Gasteiger partial charge in [-0.2, -0.15) is 0 Å². The average Bonchev–Trinajstić information content (AvgIpc) is 2.18. The zero-order valence-corrected chi connectivity index (χ0v) is 9.81. The molecule has 1 saturated carbocycles. The summed E-state index contributed by atoms with van der Waals surface area (Å²) in [5, 5.41) is 3.62. The van der Waals surface area contributed by atoms with Crippen LogP contribution in [0.5, 0.6) is 0 Å². The third-order valence-electron chi connectivity index (χ3n) is 3.38. The lowest BCUT2D eigenvalue weighted by Crippen LogP contribution is -2.35. The normalized spacial score (nSPS) is 20.7. The van der Waals surface area contributed by atoms with Crippen molar-refractivity contribution >= 4 is 0 Å². The van der Waals surface area contributed by atoms with E-state index in [4.69, 9.17) is 0 Å². The van der Waals surface area contributed by atoms with Gasteiger partial charge in [0.25, 0.3) is 0 Å². The molecule has 1 aliphatic rings. The van der Waals surface area contributed by atoms with Crippen molar-refractivity contribution in [3.63, 3.8) is 0 Å². The molecule has 1 fully saturated rings. The van der Waals surface area contributed by atoms with E-state index in [9.17, 15) is 0 Å². The van der Waals surface area contributed by atoms with E-state index in [0.29, 0.717) is 6.04 Å². The van der Waals surface area contributed by atoms with E-state index in [1.165, 1.54) is 37.7 Å². The molecule has 0 aliphatic heterocycles. The summed E-state index contributed by atoms with van der Waals surface area (Å²) >= 11 is 0. The maximum Gasteiger partial charge on any atom is 0.00671 e. The molecule has 14 heavy (non-hydrogen) atoms. The largest absolute Gasteiger partial charge is 0.314 e. The molecular formula is C13H25N. The Morgan fingerprint density at radius 3 is 2.57 bits per heavy atom. The number of hydrogen-bond donors (Lipinski definition) is 1. The van der Waals surface area contributed by atoms with Gasteiger partial charge >= 0.3 is 0 Å². The van der Waals surface area contributed by atoms with E-state index < -0.39 is 0 Å². The smallest absolute Gasteiger partial charge is 0.00671 e. The fraction of sp³-hybridized carbons (Fsp3) is 0.846. The highest BCUT2D eigenvalue weighted by Crippen LogP contribution is 2.26. The van der Waals surface area contributed by atoms with Crippen LogP contribution >= 0.6 is 0 Å². The summed E-state index contributed by atoms with van der Waals surface area (Å²) in [5.41, 5.74) is 1.29. The summed E-state index contributed by atoms with van der Waals surface area (Å²) in [7, 11) is 0. The molecule has 1 heteroatoms. The Kier molecular flexibility index (Phi) is 5.24. The minimum absolute atomic E-state index is 0.703. The molecule has 0 aromatic carbocycles. The van der Waals surface area contributed by atoms with E-state index >= 15 is 0 Å². The van der Waals surface area contributed by atoms with Crippen molar-refractivity contribution in [2.45, 2.75) is 58.4 Å². The van der Waals surface area contributed by atoms with Crippen LogP contribution in [-0.4, -0.2) is 12.6 Å². The van der Waals surface area contributed by atoms with E-state index in [2.05, 4.69) is 25.7 Å². The average molecular weight is 195 g/mol. The van der Waals surface area contributed by atoms with Crippen LogP contribution in [0.25, 0.3) is 0 Å². The highest BCUT2D eigenvalue weighted by Gasteiger charge is 2.18. The minimum atomic E-state index is 0.703. The van der Waals surface area contributed by atoms with Gasteiger partial charge in [0.05, 0.1) is 0 Å². The molecule has 82 valence electrons. The molecule has 1 atom stereocenters. The molecule has 0 aromatic heterocycles. The predicted octanol–water partition coefficient (Wildman–Crippen LogP) is 3.51. The Hall–Kier alpha value is -0.300. The van der Waals surface area contributed by atoms with Crippen LogP contribution in [0.3, 0.4) is 0 Å². The highest BCUT2D eigenvalue weighted by molar-refractivity contribution is 4.89. The number of rotatable bonds is 5. The van der Waals surface area contributed by atoms with Crippen LogP contribution in [0.1, 0.15) is 52.4 Å². The summed E-state index contributed by atoms with van der Waals surface area (Å²) in [6, 6.07) is 0.703. The van der Waals surface area contributed by atoms with Crippen molar-refractivity contribution in [2.24, 2.45) is 5.92 Å². The Balaban J connectivity index is 2.13. The molecule has 0 heterocycles. The van der Waals surface area contributed by atoms with Gasteiger partial charge in [-0.1, -0.05) is 24.8 Å². The number of hydrogen-bond acceptors (Lipinski definition) is 1. The second-order valence-electron chi connectivity index (χ2n) is 4.85. The SMILES string of the molecule is C=C(C)CCNC(C)C1CCCCC1. The minimum Gasteiger partial charge on any atom is -0.314 e. The molecule has 0 amide bonds. The first-order chi connectivity index (χ1) is 6.70. The fourth-order valence-electron chi connectivity index (χ4n) is 2.31. The summed E-state index contributed by atoms with van der Waals surface area (Å²) in [6.07, 6.45) is 8.32. The third kappa shape index (κ3) is 4.28. The van der Waals surface area contributed by atoms with Crippen molar-refractivity contribution in [1.29, 1.82) is 0 Å². The summed E-state index contributed by atoms with van der Waals surface area (Å²) in [5.74, 6) is 0.925. The Morgan fingerprint density at radius 1 is 1.36 bits per heavy atom. The maximum absolute atomic E-state index is 3.92. The van der Waals surface area contributed by atoms with Gasteiger partial charge in [0.15, 0.2) is 0 Å². The van der Waals surface area contributed by atoms with E-state index in [1.807, 2.05) is 0 Å². The summed E-state index contributed by atoms with van der Waals surface area (Å²) in [6.45, 7) is 9.47. The second kappa shape index (κ2) is 6.23. The van der Waals surface area contributed by atoms with E-state index in [1.54, 1.807) is 0 Å². The molecular weight excluding hydrogens is 170 g/mol. The molecule has 1 nitrogen and oxygen atoms in total. The Bertz CT molecular complexity index is 168. The first kappa shape index (κ1) is 11.8. The van der Waals surface area contributed by atoms with Crippen LogP contribution in [0.2, 0.25) is 0 Å². The van der Waals surface area contributed by atoms with Crippen LogP contribution < -0.4 is 5.32 Å². The first-order valence-electron chi connectivity index (χ1n) is 6.08. The van der Waals surface area contributed by atoms with Crippen LogP contribution in [0, 0.1) is 5.92 Å². The Labute approximate surface area is 89.0 Å². The molecule has 0 saturated heterocycles. The second-order valence-corrected chi connectivity index (χ2v) is 4.85. The van der Waals surface area contributed by atoms with Gasteiger partial charge in [0.2, 0.25) is 0 Å². The van der Waals surface area contributed by atoms with Gasteiger partial charge < -0.3 is 5.32 Å². The number of nitrogens with one attached hydrogen (secondary N) is 1. The van der Waals surface area contributed by atoms with Crippen LogP contribution in [-0.2, 0) is 0 Å². The predicted molar refractivity (Wildman–Crippen MR) is 63.5 cm³/mol. The molecule has 1 unspecified atom stereocenters. The van der Waals surface area contributed by atoms with Gasteiger partial charge in [-0.15, -0.1) is 6.58 Å². The zero-order valence-electron chi connectivity index (χ0n) is 9.81. The van der Waals surface area contributed by atoms with Crippen molar-refractivity contribution < 1.29 is 0 Å². The molecule has 0 spiro atoms. The molecule has 1 N–H and O–H groups in total. The summed E-state index contributed by atoms with van der Waals surface area (Å²) < 4.78 is 0. The van der Waals surface area contributed by atoms with Crippen molar-refractivity contribution in [3.05, 3.63) is 12.2 Å². The molecule has 0 aromatic rings. The van der Waals surface area contributed by atoms with Crippen LogP contribution in [0.4, 0.5) is 0 Å². The Morgan fingerprint density at radius 2 is 2.00 bits per heavy atom. The highest BCUT2D eigenvalue weighted by atomic mass is 14.9. The topological polar surface area (TPSA) is 12.0 Å². The van der Waals surface area contributed by atoms with Gasteiger partial charge in [0, 0.05) is 6.04 Å². The lowest BCUT2D eigenvalue weighted by molar-refractivity contribution is 0.283. The van der Waals surface area contributed by atoms with Gasteiger partial charge in [-0.3, -0.25) is 0 Å². The van der Waals surface area contributed by atoms with Gasteiger partial charge in [0.1, 0.15) is 0 Å². The van der Waals surface area contributed by atoms with Crippen molar-refractivity contribution in [2.75, 3.05) is 6.54 Å². The first-order valence-corrected chi connectivity index (χ1v) is 6.08. The third-order valence-corrected chi connectivity index (χ3v) is 3.38. The lowest BCUT2D eigenvalue weighted by atomic mass is 9.84. The molecule has 1 rings (SSSR count). The maximum atomic E-state index is 3.92. The van der Waals surface area contributed by atoms with Crippen molar-refractivity contribution in [1.82, 2.24) is 5.32 Å². The zero-order chi connectivity index (χ0) is 10.4. The lowest BCUT2D eigenvalue weighted by Gasteiger charge is -2.28. The van der Waals surface area contributed by atoms with E-state index in [0.717, 1.165) is 18.9 Å². The molecule has 0 bridgehead atoms. The molecule has 1 aliphatic carbocycles. The van der Waals surface area contributed by atoms with Gasteiger partial charge in [-0.25, -0.2) is 0 Å². The summed E-state index contributed by atoms with van der Waals surface area (Å²) in [4.78, 5) is 0. The van der Waals surface area contributed by atoms with Crippen LogP contribution in [0.15, 0.2) is 12.2 Å². The van der Waals surface area contributed by atoms with E-state index in [-0.39, 0.29) is 0 Å². The standard InChI is InChI=1S/C13H25N/c1-11(2)9-10-14-12(3)13-7-5-4-6-8-13/h12-14H,1,4-10H2,2-3H3. The quantitative estimate of drug-likeness (QED) is 0.662. The fourth-order valence-corrected chi connectivity index (χ4v) is 2.31. The van der Waals surface area contributed by atoms with Crippen molar-refractivity contribution in [3.8, 4) is 0 Å². The van der Waals surface area contributed by atoms with Gasteiger partial charge in [-0.05, 0) is 45.6 Å². The molecule has 0 radical (unpaired) electrons.